The maximum absolute atomic E-state index is 13.1. The smallest absolute Gasteiger partial charge is 0.136 e. The molecular formula is C33H25NO. The molecule has 1 heterocycles. The highest BCUT2D eigenvalue weighted by atomic mass is 16.1. The average Bonchev–Trinajstić information content (AvgIpc) is 2.89. The lowest BCUT2D eigenvalue weighted by Crippen LogP contribution is -2.35. The third-order valence-corrected chi connectivity index (χ3v) is 7.58. The first-order chi connectivity index (χ1) is 17.2. The second-order valence-corrected chi connectivity index (χ2v) is 9.75. The van der Waals surface area contributed by atoms with Crippen molar-refractivity contribution in [2.24, 2.45) is 0 Å². The van der Waals surface area contributed by atoms with E-state index in [9.17, 15) is 4.79 Å². The van der Waals surface area contributed by atoms with Crippen molar-refractivity contribution in [1.29, 1.82) is 0 Å². The van der Waals surface area contributed by atoms with Gasteiger partial charge in [-0.1, -0.05) is 84.9 Å². The lowest BCUT2D eigenvalue weighted by molar-refractivity contribution is -0.121. The van der Waals surface area contributed by atoms with E-state index in [0.29, 0.717) is 18.6 Å². The number of rotatable bonds is 2. The van der Waals surface area contributed by atoms with E-state index in [0.717, 1.165) is 0 Å². The number of hydrogen-bond acceptors (Lipinski definition) is 2. The molecule has 0 radical (unpaired) electrons. The minimum atomic E-state index is -0.0122. The van der Waals surface area contributed by atoms with E-state index in [1.807, 2.05) is 0 Å². The minimum Gasteiger partial charge on any atom is -0.302 e. The Morgan fingerprint density at radius 2 is 0.886 bits per heavy atom. The fraction of sp³-hybridized carbons (Fsp3) is 0.121. The Balaban J connectivity index is 1.34. The van der Waals surface area contributed by atoms with Gasteiger partial charge in [0.25, 0.3) is 0 Å². The molecule has 2 unspecified atom stereocenters. The lowest BCUT2D eigenvalue weighted by atomic mass is 9.85. The van der Waals surface area contributed by atoms with Crippen molar-refractivity contribution in [2.45, 2.75) is 24.9 Å². The van der Waals surface area contributed by atoms with Crippen molar-refractivity contribution in [2.75, 3.05) is 0 Å². The summed E-state index contributed by atoms with van der Waals surface area (Å²) in [6.45, 7) is 0. The first-order valence-corrected chi connectivity index (χ1v) is 12.3. The molecule has 6 aromatic rings. The predicted octanol–water partition coefficient (Wildman–Crippen LogP) is 8.03. The highest BCUT2D eigenvalue weighted by Gasteiger charge is 2.30. The Kier molecular flexibility index (Phi) is 4.68. The number of hydrogen-bond donors (Lipinski definition) is 1. The number of nitrogens with one attached hydrogen (secondary N) is 1. The van der Waals surface area contributed by atoms with Gasteiger partial charge in [-0.2, -0.15) is 0 Å². The molecule has 2 atom stereocenters. The average molecular weight is 452 g/mol. The zero-order chi connectivity index (χ0) is 23.4. The van der Waals surface area contributed by atoms with Gasteiger partial charge in [-0.15, -0.1) is 0 Å². The zero-order valence-electron chi connectivity index (χ0n) is 19.4. The van der Waals surface area contributed by atoms with Crippen LogP contribution in [0.25, 0.3) is 43.1 Å². The summed E-state index contributed by atoms with van der Waals surface area (Å²) in [5.74, 6) is 0.314. The molecule has 1 aliphatic rings. The van der Waals surface area contributed by atoms with E-state index in [1.165, 1.54) is 54.2 Å². The molecule has 0 saturated carbocycles. The molecule has 0 spiro atoms. The molecule has 35 heavy (non-hydrogen) atoms. The van der Waals surface area contributed by atoms with Crippen molar-refractivity contribution in [1.82, 2.24) is 5.32 Å². The molecular weight excluding hydrogens is 426 g/mol. The molecule has 1 aliphatic heterocycles. The number of carbonyl (C=O) groups is 1. The molecule has 168 valence electrons. The molecule has 0 aromatic heterocycles. The second-order valence-electron chi connectivity index (χ2n) is 9.75. The topological polar surface area (TPSA) is 29.1 Å². The standard InChI is InChI=1S/C33H25NO/c35-27-19-32(28-13-5-11-25-15-21-7-1-3-9-23(21)17-30(25)28)34-33(20-27)29-14-6-12-26-16-22-8-2-4-10-24(22)18-31(26)29/h1-18,32-34H,19-20H2. The highest BCUT2D eigenvalue weighted by Crippen LogP contribution is 2.38. The van der Waals surface area contributed by atoms with Crippen LogP contribution in [-0.4, -0.2) is 5.78 Å². The molecule has 2 heteroatoms. The largest absolute Gasteiger partial charge is 0.302 e. The molecule has 0 aliphatic carbocycles. The highest BCUT2D eigenvalue weighted by molar-refractivity contribution is 6.01. The molecule has 1 fully saturated rings. The van der Waals surface area contributed by atoms with Crippen LogP contribution >= 0.6 is 0 Å². The van der Waals surface area contributed by atoms with Gasteiger partial charge in [-0.25, -0.2) is 0 Å². The van der Waals surface area contributed by atoms with E-state index in [2.05, 4.69) is 115 Å². The Morgan fingerprint density at radius 3 is 1.34 bits per heavy atom. The van der Waals surface area contributed by atoms with E-state index >= 15 is 0 Å². The Labute approximate surface area is 204 Å². The number of piperidine rings is 1. The van der Waals surface area contributed by atoms with Crippen LogP contribution in [0.3, 0.4) is 0 Å². The fourth-order valence-electron chi connectivity index (χ4n) is 5.89. The van der Waals surface area contributed by atoms with Crippen LogP contribution in [-0.2, 0) is 4.79 Å². The summed E-state index contributed by atoms with van der Waals surface area (Å²) in [5, 5.41) is 13.7. The Bertz CT molecular complexity index is 1640. The number of carbonyl (C=O) groups excluding carboxylic acids is 1. The van der Waals surface area contributed by atoms with Gasteiger partial charge in [0, 0.05) is 24.9 Å². The second kappa shape index (κ2) is 8.04. The molecule has 7 rings (SSSR count). The predicted molar refractivity (Wildman–Crippen MR) is 146 cm³/mol. The molecule has 0 bridgehead atoms. The summed E-state index contributed by atoms with van der Waals surface area (Å²) in [7, 11) is 0. The quantitative estimate of drug-likeness (QED) is 0.270. The zero-order valence-corrected chi connectivity index (χ0v) is 19.4. The number of benzene rings is 6. The third kappa shape index (κ3) is 3.50. The summed E-state index contributed by atoms with van der Waals surface area (Å²) in [6, 6.07) is 38.9. The molecule has 0 amide bonds. The van der Waals surface area contributed by atoms with Gasteiger partial charge >= 0.3 is 0 Å². The van der Waals surface area contributed by atoms with E-state index < -0.39 is 0 Å². The molecule has 6 aromatic carbocycles. The van der Waals surface area contributed by atoms with Gasteiger partial charge in [-0.3, -0.25) is 4.79 Å². The summed E-state index contributed by atoms with van der Waals surface area (Å²) >= 11 is 0. The van der Waals surface area contributed by atoms with Crippen LogP contribution < -0.4 is 5.32 Å². The van der Waals surface area contributed by atoms with E-state index in [4.69, 9.17) is 0 Å². The first kappa shape index (κ1) is 20.4. The van der Waals surface area contributed by atoms with Crippen LogP contribution in [0.15, 0.2) is 109 Å². The third-order valence-electron chi connectivity index (χ3n) is 7.58. The molecule has 2 nitrogen and oxygen atoms in total. The van der Waals surface area contributed by atoms with Crippen molar-refractivity contribution in [3.05, 3.63) is 120 Å². The maximum atomic E-state index is 13.1. The van der Waals surface area contributed by atoms with Gasteiger partial charge in [-0.05, 0) is 78.5 Å². The monoisotopic (exact) mass is 451 g/mol. The molecule has 1 N–H and O–H groups in total. The van der Waals surface area contributed by atoms with Crippen LogP contribution in [0.4, 0.5) is 0 Å². The summed E-state index contributed by atoms with van der Waals surface area (Å²) in [6.07, 6.45) is 1.05. The van der Waals surface area contributed by atoms with Gasteiger partial charge in [0.15, 0.2) is 0 Å². The lowest BCUT2D eigenvalue weighted by Gasteiger charge is -2.32. The Hall–Kier alpha value is -4.01. The van der Waals surface area contributed by atoms with E-state index in [1.54, 1.807) is 0 Å². The van der Waals surface area contributed by atoms with Gasteiger partial charge < -0.3 is 5.32 Å². The summed E-state index contributed by atoms with van der Waals surface area (Å²) in [5.41, 5.74) is 2.41. The van der Waals surface area contributed by atoms with Crippen molar-refractivity contribution < 1.29 is 4.79 Å². The maximum Gasteiger partial charge on any atom is 0.136 e. The number of Topliss-reactive ketones (excluding diaryl/α,β-unsaturated/α-hetero) is 1. The van der Waals surface area contributed by atoms with Gasteiger partial charge in [0.2, 0.25) is 0 Å². The van der Waals surface area contributed by atoms with Crippen molar-refractivity contribution in [3.63, 3.8) is 0 Å². The fourth-order valence-corrected chi connectivity index (χ4v) is 5.89. The summed E-state index contributed by atoms with van der Waals surface area (Å²) < 4.78 is 0. The normalized spacial score (nSPS) is 18.6. The Morgan fingerprint density at radius 1 is 0.486 bits per heavy atom. The van der Waals surface area contributed by atoms with Crippen LogP contribution in [0.1, 0.15) is 36.1 Å². The van der Waals surface area contributed by atoms with E-state index in [-0.39, 0.29) is 12.1 Å². The first-order valence-electron chi connectivity index (χ1n) is 12.3. The number of fused-ring (bicyclic) bond motifs is 4. The van der Waals surface area contributed by atoms with Gasteiger partial charge in [0.05, 0.1) is 0 Å². The van der Waals surface area contributed by atoms with Crippen molar-refractivity contribution in [3.8, 4) is 0 Å². The van der Waals surface area contributed by atoms with Crippen LogP contribution in [0.5, 0.6) is 0 Å². The van der Waals surface area contributed by atoms with Crippen molar-refractivity contribution >= 4 is 48.9 Å². The van der Waals surface area contributed by atoms with Crippen LogP contribution in [0, 0.1) is 0 Å². The number of ketones is 1. The molecule has 1 saturated heterocycles. The minimum absolute atomic E-state index is 0.0122. The van der Waals surface area contributed by atoms with Crippen LogP contribution in [0.2, 0.25) is 0 Å². The summed E-state index contributed by atoms with van der Waals surface area (Å²) in [4.78, 5) is 13.1. The van der Waals surface area contributed by atoms with Gasteiger partial charge in [0.1, 0.15) is 5.78 Å². The SMILES string of the molecule is O=C1CC(c2cccc3cc4ccccc4cc23)NC(c2cccc3cc4ccccc4cc23)C1.